The normalized spacial score (nSPS) is 26.6. The van der Waals surface area contributed by atoms with E-state index in [0.717, 1.165) is 24.2 Å². The number of carbonyl (C=O) groups is 3. The molecule has 0 aromatic heterocycles. The summed E-state index contributed by atoms with van der Waals surface area (Å²) in [6, 6.07) is 7.65. The molecule has 24 heavy (non-hydrogen) atoms. The highest BCUT2D eigenvalue weighted by molar-refractivity contribution is 6.03. The van der Waals surface area contributed by atoms with Crippen molar-refractivity contribution in [3.05, 3.63) is 29.8 Å². The summed E-state index contributed by atoms with van der Waals surface area (Å²) in [6.45, 7) is 5.01. The number of likely N-dealkylation sites (tertiary alicyclic amines) is 1. The predicted molar refractivity (Wildman–Crippen MR) is 90.4 cm³/mol. The number of benzene rings is 1. The molecular formula is C18H23N3O3. The Morgan fingerprint density at radius 2 is 1.96 bits per heavy atom. The maximum absolute atomic E-state index is 12.3. The quantitative estimate of drug-likeness (QED) is 0.834. The van der Waals surface area contributed by atoms with Gasteiger partial charge in [-0.15, -0.1) is 0 Å². The van der Waals surface area contributed by atoms with Crippen molar-refractivity contribution in [1.29, 1.82) is 0 Å². The monoisotopic (exact) mass is 329 g/mol. The number of nitrogens with zero attached hydrogens (tertiary/aromatic N) is 1. The number of hydrogen-bond acceptors (Lipinski definition) is 3. The number of urea groups is 1. The van der Waals surface area contributed by atoms with E-state index in [1.807, 2.05) is 29.2 Å². The van der Waals surface area contributed by atoms with E-state index >= 15 is 0 Å². The van der Waals surface area contributed by atoms with E-state index in [2.05, 4.69) is 24.5 Å². The number of hydrogen-bond donors (Lipinski definition) is 2. The third-order valence-corrected chi connectivity index (χ3v) is 4.80. The summed E-state index contributed by atoms with van der Waals surface area (Å²) in [7, 11) is 0. The number of carbonyl (C=O) groups excluding carboxylic acids is 3. The highest BCUT2D eigenvalue weighted by Gasteiger charge is 2.31. The average Bonchev–Trinajstić information content (AvgIpc) is 3.02. The Labute approximate surface area is 141 Å². The van der Waals surface area contributed by atoms with Crippen LogP contribution in [0.25, 0.3) is 0 Å². The molecule has 2 heterocycles. The van der Waals surface area contributed by atoms with Crippen molar-refractivity contribution in [2.45, 2.75) is 39.2 Å². The van der Waals surface area contributed by atoms with Gasteiger partial charge in [0.25, 0.3) is 0 Å². The van der Waals surface area contributed by atoms with Gasteiger partial charge in [-0.05, 0) is 43.4 Å². The molecule has 3 unspecified atom stereocenters. The molecule has 0 radical (unpaired) electrons. The smallest absolute Gasteiger partial charge is 0.322 e. The van der Waals surface area contributed by atoms with Crippen molar-refractivity contribution in [2.24, 2.45) is 11.8 Å². The minimum Gasteiger partial charge on any atom is -0.322 e. The first-order valence-electron chi connectivity index (χ1n) is 8.42. The van der Waals surface area contributed by atoms with E-state index in [9.17, 15) is 14.4 Å². The van der Waals surface area contributed by atoms with Crippen LogP contribution in [-0.2, 0) is 16.0 Å². The van der Waals surface area contributed by atoms with Crippen LogP contribution in [0.5, 0.6) is 0 Å². The van der Waals surface area contributed by atoms with Crippen molar-refractivity contribution in [3.8, 4) is 0 Å². The van der Waals surface area contributed by atoms with Crippen LogP contribution in [0.3, 0.4) is 0 Å². The lowest BCUT2D eigenvalue weighted by molar-refractivity contribution is -0.125. The lowest BCUT2D eigenvalue weighted by Gasteiger charge is -2.22. The molecule has 6 heteroatoms. The van der Waals surface area contributed by atoms with Gasteiger partial charge in [0.2, 0.25) is 11.8 Å². The highest BCUT2D eigenvalue weighted by atomic mass is 16.2. The van der Waals surface area contributed by atoms with Gasteiger partial charge in [-0.1, -0.05) is 19.1 Å². The summed E-state index contributed by atoms with van der Waals surface area (Å²) in [5.74, 6) is -0.157. The summed E-state index contributed by atoms with van der Waals surface area (Å²) in [5.41, 5.74) is 1.72. The Morgan fingerprint density at radius 1 is 1.25 bits per heavy atom. The molecule has 3 rings (SSSR count). The van der Waals surface area contributed by atoms with Crippen LogP contribution in [0, 0.1) is 11.8 Å². The van der Waals surface area contributed by atoms with E-state index in [-0.39, 0.29) is 36.2 Å². The van der Waals surface area contributed by atoms with Gasteiger partial charge < -0.3 is 10.2 Å². The van der Waals surface area contributed by atoms with Crippen LogP contribution in [0.15, 0.2) is 24.3 Å². The SMILES string of the molecule is CC1CC(C)N(C(=O)Nc2ccc(CC3CC(=O)NC3=O)cc2)C1. The molecule has 1 aromatic carbocycles. The molecule has 0 aliphatic carbocycles. The Hall–Kier alpha value is -2.37. The third kappa shape index (κ3) is 3.58. The highest BCUT2D eigenvalue weighted by Crippen LogP contribution is 2.24. The number of imide groups is 1. The van der Waals surface area contributed by atoms with Gasteiger partial charge in [0.05, 0.1) is 5.92 Å². The van der Waals surface area contributed by atoms with Gasteiger partial charge in [0.15, 0.2) is 0 Å². The largest absolute Gasteiger partial charge is 0.322 e. The molecule has 4 amide bonds. The Kier molecular flexibility index (Phi) is 4.55. The summed E-state index contributed by atoms with van der Waals surface area (Å²) >= 11 is 0. The van der Waals surface area contributed by atoms with Crippen molar-refractivity contribution in [3.63, 3.8) is 0 Å². The molecule has 6 nitrogen and oxygen atoms in total. The fourth-order valence-corrected chi connectivity index (χ4v) is 3.56. The number of anilines is 1. The Balaban J connectivity index is 1.57. The first-order chi connectivity index (χ1) is 11.4. The standard InChI is InChI=1S/C18H23N3O3/c1-11-7-12(2)21(10-11)18(24)19-15-5-3-13(4-6-15)8-14-9-16(22)20-17(14)23/h3-6,11-12,14H,7-10H2,1-2H3,(H,19,24)(H,20,22,23). The average molecular weight is 329 g/mol. The summed E-state index contributed by atoms with van der Waals surface area (Å²) in [4.78, 5) is 37.0. The molecule has 3 atom stereocenters. The summed E-state index contributed by atoms with van der Waals surface area (Å²) in [6.07, 6.45) is 1.82. The van der Waals surface area contributed by atoms with E-state index in [1.165, 1.54) is 0 Å². The van der Waals surface area contributed by atoms with Gasteiger partial charge in [0, 0.05) is 24.7 Å². The number of nitrogens with one attached hydrogen (secondary N) is 2. The van der Waals surface area contributed by atoms with Crippen molar-refractivity contribution < 1.29 is 14.4 Å². The minimum atomic E-state index is -0.287. The summed E-state index contributed by atoms with van der Waals surface area (Å²) < 4.78 is 0. The van der Waals surface area contributed by atoms with E-state index < -0.39 is 0 Å². The van der Waals surface area contributed by atoms with Crippen LogP contribution in [-0.4, -0.2) is 35.3 Å². The number of rotatable bonds is 3. The van der Waals surface area contributed by atoms with E-state index in [0.29, 0.717) is 12.3 Å². The maximum Gasteiger partial charge on any atom is 0.322 e. The molecule has 0 bridgehead atoms. The van der Waals surface area contributed by atoms with Gasteiger partial charge >= 0.3 is 6.03 Å². The molecule has 2 saturated heterocycles. The summed E-state index contributed by atoms with van der Waals surface area (Å²) in [5, 5.41) is 5.25. The van der Waals surface area contributed by atoms with Gasteiger partial charge in [0.1, 0.15) is 0 Å². The molecule has 2 fully saturated rings. The molecule has 0 spiro atoms. The third-order valence-electron chi connectivity index (χ3n) is 4.80. The van der Waals surface area contributed by atoms with Crippen molar-refractivity contribution in [1.82, 2.24) is 10.2 Å². The Bertz CT molecular complexity index is 656. The fraction of sp³-hybridized carbons (Fsp3) is 0.500. The number of amides is 4. The molecule has 128 valence electrons. The lowest BCUT2D eigenvalue weighted by atomic mass is 9.98. The zero-order valence-corrected chi connectivity index (χ0v) is 14.0. The van der Waals surface area contributed by atoms with Crippen molar-refractivity contribution in [2.75, 3.05) is 11.9 Å². The Morgan fingerprint density at radius 3 is 2.50 bits per heavy atom. The van der Waals surface area contributed by atoms with Crippen LogP contribution in [0.2, 0.25) is 0 Å². The lowest BCUT2D eigenvalue weighted by Crippen LogP contribution is -2.37. The van der Waals surface area contributed by atoms with Gasteiger partial charge in [-0.2, -0.15) is 0 Å². The second kappa shape index (κ2) is 6.63. The van der Waals surface area contributed by atoms with E-state index in [4.69, 9.17) is 0 Å². The van der Waals surface area contributed by atoms with Crippen LogP contribution >= 0.6 is 0 Å². The van der Waals surface area contributed by atoms with Gasteiger partial charge in [-0.3, -0.25) is 14.9 Å². The molecule has 2 aliphatic heterocycles. The molecule has 2 N–H and O–H groups in total. The second-order valence-electron chi connectivity index (χ2n) is 6.99. The van der Waals surface area contributed by atoms with Crippen LogP contribution < -0.4 is 10.6 Å². The van der Waals surface area contributed by atoms with Crippen molar-refractivity contribution >= 4 is 23.5 Å². The molecular weight excluding hydrogens is 306 g/mol. The van der Waals surface area contributed by atoms with Gasteiger partial charge in [-0.25, -0.2) is 4.79 Å². The zero-order chi connectivity index (χ0) is 17.3. The first kappa shape index (κ1) is 16.5. The zero-order valence-electron chi connectivity index (χ0n) is 14.0. The molecule has 1 aromatic rings. The fourth-order valence-electron chi connectivity index (χ4n) is 3.56. The molecule has 2 aliphatic rings. The minimum absolute atomic E-state index is 0.0691. The van der Waals surface area contributed by atoms with Crippen LogP contribution in [0.1, 0.15) is 32.3 Å². The maximum atomic E-state index is 12.3. The second-order valence-corrected chi connectivity index (χ2v) is 6.99. The van der Waals surface area contributed by atoms with E-state index in [1.54, 1.807) is 0 Å². The topological polar surface area (TPSA) is 78.5 Å². The first-order valence-corrected chi connectivity index (χ1v) is 8.42. The molecule has 0 saturated carbocycles. The predicted octanol–water partition coefficient (Wildman–Crippen LogP) is 2.15. The van der Waals surface area contributed by atoms with Crippen LogP contribution in [0.4, 0.5) is 10.5 Å².